The van der Waals surface area contributed by atoms with E-state index in [9.17, 15) is 9.59 Å². The van der Waals surface area contributed by atoms with Crippen LogP contribution in [-0.2, 0) is 4.79 Å². The van der Waals surface area contributed by atoms with Gasteiger partial charge in [-0.1, -0.05) is 11.6 Å². The highest BCUT2D eigenvalue weighted by Gasteiger charge is 2.27. The summed E-state index contributed by atoms with van der Waals surface area (Å²) in [7, 11) is 1.48. The van der Waals surface area contributed by atoms with Gasteiger partial charge in [-0.05, 0) is 37.1 Å². The molecule has 5 nitrogen and oxygen atoms in total. The zero-order valence-corrected chi connectivity index (χ0v) is 12.8. The minimum atomic E-state index is -1.05. The van der Waals surface area contributed by atoms with E-state index in [-0.39, 0.29) is 12.5 Å². The fourth-order valence-electron chi connectivity index (χ4n) is 2.46. The summed E-state index contributed by atoms with van der Waals surface area (Å²) in [5.74, 6) is -0.981. The van der Waals surface area contributed by atoms with E-state index in [1.54, 1.807) is 24.3 Å². The van der Waals surface area contributed by atoms with Crippen molar-refractivity contribution in [2.75, 3.05) is 13.6 Å². The van der Waals surface area contributed by atoms with Crippen LogP contribution in [0.25, 0.3) is 10.9 Å². The van der Waals surface area contributed by atoms with Crippen molar-refractivity contribution in [3.05, 3.63) is 40.5 Å². The number of fused-ring (bicyclic) bond motifs is 1. The van der Waals surface area contributed by atoms with E-state index in [1.165, 1.54) is 11.9 Å². The number of hydrogen-bond acceptors (Lipinski definition) is 3. The normalized spacial score (nSPS) is 14.1. The molecule has 0 atom stereocenters. The van der Waals surface area contributed by atoms with Crippen molar-refractivity contribution >= 4 is 34.4 Å². The number of hydrogen-bond donors (Lipinski definition) is 1. The standard InChI is InChI=1S/C16H15ClN2O3/c1-19(8-15(20)21)16(22)12-7-14(9-2-3-9)18-13-5-4-10(17)6-11(12)13/h4-7,9H,2-3,8H2,1H3,(H,20,21). The minimum absolute atomic E-state index is 0.334. The highest BCUT2D eigenvalue weighted by molar-refractivity contribution is 6.31. The van der Waals surface area contributed by atoms with Gasteiger partial charge in [0.1, 0.15) is 6.54 Å². The number of pyridine rings is 1. The van der Waals surface area contributed by atoms with Crippen molar-refractivity contribution in [2.24, 2.45) is 0 Å². The van der Waals surface area contributed by atoms with Gasteiger partial charge >= 0.3 is 5.97 Å². The van der Waals surface area contributed by atoms with Crippen LogP contribution >= 0.6 is 11.6 Å². The third kappa shape index (κ3) is 2.90. The molecule has 0 unspecified atom stereocenters. The second-order valence-electron chi connectivity index (χ2n) is 5.59. The Hall–Kier alpha value is -2.14. The molecule has 0 bridgehead atoms. The van der Waals surface area contributed by atoms with Crippen molar-refractivity contribution in [3.8, 4) is 0 Å². The summed E-state index contributed by atoms with van der Waals surface area (Å²) in [4.78, 5) is 29.2. The molecule has 1 N–H and O–H groups in total. The lowest BCUT2D eigenvalue weighted by atomic mass is 10.0. The van der Waals surface area contributed by atoms with Gasteiger partial charge in [0.2, 0.25) is 0 Å². The maximum Gasteiger partial charge on any atom is 0.323 e. The Morgan fingerprint density at radius 3 is 2.73 bits per heavy atom. The van der Waals surface area contributed by atoms with Crippen LogP contribution in [0.3, 0.4) is 0 Å². The number of carboxylic acids is 1. The van der Waals surface area contributed by atoms with Crippen LogP contribution in [0.1, 0.15) is 34.8 Å². The Morgan fingerprint density at radius 1 is 1.36 bits per heavy atom. The molecule has 3 rings (SSSR count). The molecule has 0 spiro atoms. The average molecular weight is 319 g/mol. The van der Waals surface area contributed by atoms with Crippen LogP contribution in [0.2, 0.25) is 5.02 Å². The molecule has 2 aromatic rings. The predicted molar refractivity (Wildman–Crippen MR) is 83.3 cm³/mol. The number of nitrogens with zero attached hydrogens (tertiary/aromatic N) is 2. The van der Waals surface area contributed by atoms with Crippen molar-refractivity contribution in [1.29, 1.82) is 0 Å². The molecule has 0 radical (unpaired) electrons. The Bertz CT molecular complexity index is 771. The number of carbonyl (C=O) groups is 2. The number of aromatic nitrogens is 1. The molecule has 1 heterocycles. The van der Waals surface area contributed by atoms with Crippen molar-refractivity contribution in [1.82, 2.24) is 9.88 Å². The summed E-state index contributed by atoms with van der Waals surface area (Å²) in [6.45, 7) is -0.345. The second kappa shape index (κ2) is 5.57. The Morgan fingerprint density at radius 2 is 2.09 bits per heavy atom. The van der Waals surface area contributed by atoms with Crippen LogP contribution in [0.5, 0.6) is 0 Å². The molecular formula is C16H15ClN2O3. The number of carbonyl (C=O) groups excluding carboxylic acids is 1. The van der Waals surface area contributed by atoms with Crippen LogP contribution in [0, 0.1) is 0 Å². The van der Waals surface area contributed by atoms with Gasteiger partial charge in [0.15, 0.2) is 0 Å². The number of rotatable bonds is 4. The predicted octanol–water partition coefficient (Wildman–Crippen LogP) is 2.92. The van der Waals surface area contributed by atoms with E-state index in [0.717, 1.165) is 18.5 Å². The quantitative estimate of drug-likeness (QED) is 0.941. The fraction of sp³-hybridized carbons (Fsp3) is 0.312. The van der Waals surface area contributed by atoms with Crippen molar-refractivity contribution in [3.63, 3.8) is 0 Å². The molecule has 0 saturated heterocycles. The molecule has 1 aromatic carbocycles. The summed E-state index contributed by atoms with van der Waals surface area (Å²) in [5.41, 5.74) is 2.06. The van der Waals surface area contributed by atoms with Gasteiger partial charge < -0.3 is 10.0 Å². The first-order chi connectivity index (χ1) is 10.5. The van der Waals surface area contributed by atoms with Crippen LogP contribution in [0.15, 0.2) is 24.3 Å². The third-order valence-electron chi connectivity index (χ3n) is 3.74. The lowest BCUT2D eigenvalue weighted by molar-refractivity contribution is -0.137. The highest BCUT2D eigenvalue weighted by atomic mass is 35.5. The lowest BCUT2D eigenvalue weighted by Crippen LogP contribution is -2.32. The van der Waals surface area contributed by atoms with Gasteiger partial charge in [0.25, 0.3) is 5.91 Å². The molecule has 1 saturated carbocycles. The molecule has 6 heteroatoms. The topological polar surface area (TPSA) is 70.5 Å². The number of benzene rings is 1. The summed E-state index contributed by atoms with van der Waals surface area (Å²) in [5, 5.41) is 10.0. The van der Waals surface area contributed by atoms with Gasteiger partial charge in [-0.2, -0.15) is 0 Å². The first-order valence-corrected chi connectivity index (χ1v) is 7.41. The summed E-state index contributed by atoms with van der Waals surface area (Å²) < 4.78 is 0. The van der Waals surface area contributed by atoms with E-state index < -0.39 is 5.97 Å². The Balaban J connectivity index is 2.10. The molecule has 1 amide bonds. The molecular weight excluding hydrogens is 304 g/mol. The fourth-order valence-corrected chi connectivity index (χ4v) is 2.64. The van der Waals surface area contributed by atoms with Crippen LogP contribution < -0.4 is 0 Å². The lowest BCUT2D eigenvalue weighted by Gasteiger charge is -2.17. The highest BCUT2D eigenvalue weighted by Crippen LogP contribution is 2.40. The van der Waals surface area contributed by atoms with Gasteiger partial charge in [-0.25, -0.2) is 0 Å². The van der Waals surface area contributed by atoms with Gasteiger partial charge in [-0.15, -0.1) is 0 Å². The third-order valence-corrected chi connectivity index (χ3v) is 3.97. The van der Waals surface area contributed by atoms with Gasteiger partial charge in [-0.3, -0.25) is 14.6 Å². The number of carboxylic acid groups (broad SMARTS) is 1. The molecule has 1 fully saturated rings. The number of amides is 1. The first kappa shape index (κ1) is 14.8. The second-order valence-corrected chi connectivity index (χ2v) is 6.02. The summed E-state index contributed by atoms with van der Waals surface area (Å²) >= 11 is 6.03. The minimum Gasteiger partial charge on any atom is -0.480 e. The van der Waals surface area contributed by atoms with E-state index in [2.05, 4.69) is 4.98 Å². The van der Waals surface area contributed by atoms with Crippen LogP contribution in [-0.4, -0.2) is 40.5 Å². The average Bonchev–Trinajstić information content (AvgIpc) is 3.29. The van der Waals surface area contributed by atoms with Crippen molar-refractivity contribution in [2.45, 2.75) is 18.8 Å². The zero-order chi connectivity index (χ0) is 15.9. The number of likely N-dealkylation sites (N-methyl/N-ethyl adjacent to an activating group) is 1. The molecule has 1 aromatic heterocycles. The Labute approximate surface area is 132 Å². The van der Waals surface area contributed by atoms with Crippen molar-refractivity contribution < 1.29 is 14.7 Å². The van der Waals surface area contributed by atoms with Gasteiger partial charge in [0.05, 0.1) is 11.1 Å². The Kier molecular flexibility index (Phi) is 3.74. The van der Waals surface area contributed by atoms with Crippen LogP contribution in [0.4, 0.5) is 0 Å². The molecule has 1 aliphatic rings. The maximum absolute atomic E-state index is 12.6. The number of aliphatic carboxylic acids is 1. The maximum atomic E-state index is 12.6. The molecule has 22 heavy (non-hydrogen) atoms. The van der Waals surface area contributed by atoms with E-state index in [1.807, 2.05) is 0 Å². The smallest absolute Gasteiger partial charge is 0.323 e. The summed E-state index contributed by atoms with van der Waals surface area (Å²) in [6, 6.07) is 7.00. The summed E-state index contributed by atoms with van der Waals surface area (Å²) in [6.07, 6.45) is 2.15. The SMILES string of the molecule is CN(CC(=O)O)C(=O)c1cc(C2CC2)nc2ccc(Cl)cc12. The van der Waals surface area contributed by atoms with E-state index in [4.69, 9.17) is 16.7 Å². The monoisotopic (exact) mass is 318 g/mol. The molecule has 114 valence electrons. The van der Waals surface area contributed by atoms with E-state index in [0.29, 0.717) is 27.4 Å². The molecule has 1 aliphatic carbocycles. The number of halogens is 1. The zero-order valence-electron chi connectivity index (χ0n) is 12.0. The largest absolute Gasteiger partial charge is 0.480 e. The van der Waals surface area contributed by atoms with Gasteiger partial charge in [0, 0.05) is 29.1 Å². The van der Waals surface area contributed by atoms with E-state index >= 15 is 0 Å². The molecule has 0 aliphatic heterocycles. The first-order valence-electron chi connectivity index (χ1n) is 7.03.